The Hall–Kier alpha value is -2.28. The van der Waals surface area contributed by atoms with Gasteiger partial charge in [0.05, 0.1) is 7.11 Å². The molecule has 3 rings (SSSR count). The molecule has 2 saturated heterocycles. The number of ether oxygens (including phenoxy) is 1. The van der Waals surface area contributed by atoms with Crippen LogP contribution in [0, 0.1) is 0 Å². The minimum absolute atomic E-state index is 0.00575. The smallest absolute Gasteiger partial charge is 0.317 e. The second-order valence-electron chi connectivity index (χ2n) is 6.55. The fraction of sp³-hybridized carbons (Fsp3) is 0.556. The first-order valence-electron chi connectivity index (χ1n) is 8.86. The fourth-order valence-corrected chi connectivity index (χ4v) is 3.48. The number of anilines is 1. The lowest BCUT2D eigenvalue weighted by atomic mass is 10.0. The Morgan fingerprint density at radius 2 is 2.12 bits per heavy atom. The van der Waals surface area contributed by atoms with E-state index in [4.69, 9.17) is 4.74 Å². The van der Waals surface area contributed by atoms with Crippen molar-refractivity contribution in [3.05, 3.63) is 24.3 Å². The highest BCUT2D eigenvalue weighted by molar-refractivity contribution is 5.90. The van der Waals surface area contributed by atoms with Gasteiger partial charge in [-0.05, 0) is 43.7 Å². The summed E-state index contributed by atoms with van der Waals surface area (Å²) < 4.78 is 5.11. The number of nitrogens with zero attached hydrogens (tertiary/aromatic N) is 2. The summed E-state index contributed by atoms with van der Waals surface area (Å²) in [6.07, 6.45) is 2.56. The molecule has 0 spiro atoms. The first-order valence-corrected chi connectivity index (χ1v) is 8.86. The quantitative estimate of drug-likeness (QED) is 0.819. The predicted octanol–water partition coefficient (Wildman–Crippen LogP) is 1.51. The van der Waals surface area contributed by atoms with Crippen molar-refractivity contribution in [1.29, 1.82) is 0 Å². The van der Waals surface area contributed by atoms with Gasteiger partial charge in [0, 0.05) is 44.3 Å². The van der Waals surface area contributed by atoms with Gasteiger partial charge in [0.15, 0.2) is 0 Å². The second-order valence-corrected chi connectivity index (χ2v) is 6.55. The van der Waals surface area contributed by atoms with Crippen LogP contribution in [0.25, 0.3) is 0 Å². The molecule has 2 heterocycles. The molecule has 2 aliphatic rings. The van der Waals surface area contributed by atoms with Gasteiger partial charge >= 0.3 is 6.03 Å². The normalized spacial score (nSPS) is 21.1. The number of urea groups is 1. The van der Waals surface area contributed by atoms with E-state index in [-0.39, 0.29) is 18.0 Å². The molecule has 0 bridgehead atoms. The first kappa shape index (κ1) is 17.5. The van der Waals surface area contributed by atoms with Crippen LogP contribution in [-0.4, -0.2) is 67.6 Å². The van der Waals surface area contributed by atoms with Crippen LogP contribution < -0.4 is 15.4 Å². The van der Waals surface area contributed by atoms with E-state index < -0.39 is 0 Å². The lowest BCUT2D eigenvalue weighted by Gasteiger charge is -2.36. The van der Waals surface area contributed by atoms with Crippen molar-refractivity contribution >= 4 is 17.6 Å². The van der Waals surface area contributed by atoms with Crippen molar-refractivity contribution in [2.75, 3.05) is 45.2 Å². The molecule has 7 nitrogen and oxygen atoms in total. The standard InChI is InChI=1S/C18H26N4O3/c1-25-16-6-4-14(5-7-16)20-17(23)8-11-21-10-2-3-15(13-21)22-12-9-19-18(22)24/h4-7,15H,2-3,8-13H2,1H3,(H,19,24)(H,20,23)/t15-/m0/s1. The molecule has 1 aromatic carbocycles. The third-order valence-electron chi connectivity index (χ3n) is 4.84. The number of hydrogen-bond acceptors (Lipinski definition) is 4. The number of likely N-dealkylation sites (tertiary alicyclic amines) is 1. The number of carbonyl (C=O) groups is 2. The molecule has 0 saturated carbocycles. The number of rotatable bonds is 6. The Kier molecular flexibility index (Phi) is 5.75. The van der Waals surface area contributed by atoms with E-state index in [1.807, 2.05) is 29.2 Å². The molecule has 1 aromatic rings. The fourth-order valence-electron chi connectivity index (χ4n) is 3.48. The summed E-state index contributed by atoms with van der Waals surface area (Å²) in [4.78, 5) is 28.2. The van der Waals surface area contributed by atoms with Gasteiger partial charge in [-0.3, -0.25) is 4.79 Å². The number of methoxy groups -OCH3 is 1. The largest absolute Gasteiger partial charge is 0.497 e. The zero-order valence-corrected chi connectivity index (χ0v) is 14.7. The number of nitrogens with one attached hydrogen (secondary N) is 2. The number of amides is 3. The minimum atomic E-state index is 0.00575. The number of benzene rings is 1. The molecule has 2 fully saturated rings. The molecular formula is C18H26N4O3. The van der Waals surface area contributed by atoms with E-state index >= 15 is 0 Å². The maximum Gasteiger partial charge on any atom is 0.317 e. The highest BCUT2D eigenvalue weighted by Gasteiger charge is 2.31. The van der Waals surface area contributed by atoms with Gasteiger partial charge in [-0.1, -0.05) is 0 Å². The molecule has 2 aliphatic heterocycles. The van der Waals surface area contributed by atoms with E-state index in [9.17, 15) is 9.59 Å². The maximum absolute atomic E-state index is 12.2. The highest BCUT2D eigenvalue weighted by Crippen LogP contribution is 2.18. The van der Waals surface area contributed by atoms with E-state index in [0.29, 0.717) is 13.0 Å². The van der Waals surface area contributed by atoms with Crippen LogP contribution in [0.4, 0.5) is 10.5 Å². The molecule has 0 aliphatic carbocycles. The Morgan fingerprint density at radius 1 is 1.32 bits per heavy atom. The van der Waals surface area contributed by atoms with Crippen LogP contribution in [0.15, 0.2) is 24.3 Å². The molecule has 3 amide bonds. The number of piperidine rings is 1. The molecular weight excluding hydrogens is 320 g/mol. The van der Waals surface area contributed by atoms with Gasteiger partial charge in [-0.15, -0.1) is 0 Å². The molecule has 2 N–H and O–H groups in total. The average Bonchev–Trinajstić information content (AvgIpc) is 3.07. The summed E-state index contributed by atoms with van der Waals surface area (Å²) in [5.74, 6) is 0.773. The van der Waals surface area contributed by atoms with Crippen molar-refractivity contribution in [2.24, 2.45) is 0 Å². The van der Waals surface area contributed by atoms with Crippen LogP contribution in [0.2, 0.25) is 0 Å². The Bertz CT molecular complexity index is 605. The molecule has 136 valence electrons. The summed E-state index contributed by atoms with van der Waals surface area (Å²) in [6, 6.07) is 7.63. The average molecular weight is 346 g/mol. The van der Waals surface area contributed by atoms with E-state index in [0.717, 1.165) is 50.5 Å². The van der Waals surface area contributed by atoms with Crippen molar-refractivity contribution in [2.45, 2.75) is 25.3 Å². The lowest BCUT2D eigenvalue weighted by Crippen LogP contribution is -2.49. The highest BCUT2D eigenvalue weighted by atomic mass is 16.5. The minimum Gasteiger partial charge on any atom is -0.497 e. The SMILES string of the molecule is COc1ccc(NC(=O)CCN2CCC[C@H](N3CCNC3=O)C2)cc1. The predicted molar refractivity (Wildman–Crippen MR) is 95.8 cm³/mol. The van der Waals surface area contributed by atoms with Crippen LogP contribution in [0.5, 0.6) is 5.75 Å². The molecule has 7 heteroatoms. The number of hydrogen-bond donors (Lipinski definition) is 2. The summed E-state index contributed by atoms with van der Waals surface area (Å²) in [7, 11) is 1.62. The van der Waals surface area contributed by atoms with Crippen molar-refractivity contribution in [1.82, 2.24) is 15.1 Å². The third-order valence-corrected chi connectivity index (χ3v) is 4.84. The van der Waals surface area contributed by atoms with Crippen LogP contribution >= 0.6 is 0 Å². The monoisotopic (exact) mass is 346 g/mol. The summed E-state index contributed by atoms with van der Waals surface area (Å²) in [5.41, 5.74) is 0.774. The topological polar surface area (TPSA) is 73.9 Å². The summed E-state index contributed by atoms with van der Waals surface area (Å²) in [6.45, 7) is 4.08. The Balaban J connectivity index is 1.44. The lowest BCUT2D eigenvalue weighted by molar-refractivity contribution is -0.116. The van der Waals surface area contributed by atoms with Crippen LogP contribution in [0.1, 0.15) is 19.3 Å². The third kappa shape index (κ3) is 4.63. The van der Waals surface area contributed by atoms with Gasteiger partial charge in [-0.25, -0.2) is 4.79 Å². The van der Waals surface area contributed by atoms with Crippen molar-refractivity contribution in [3.63, 3.8) is 0 Å². The van der Waals surface area contributed by atoms with Gasteiger partial charge < -0.3 is 25.2 Å². The van der Waals surface area contributed by atoms with E-state index in [1.165, 1.54) is 0 Å². The Labute approximate surface area is 148 Å². The van der Waals surface area contributed by atoms with Gasteiger partial charge in [0.1, 0.15) is 5.75 Å². The van der Waals surface area contributed by atoms with Crippen molar-refractivity contribution in [3.8, 4) is 5.75 Å². The maximum atomic E-state index is 12.2. The van der Waals surface area contributed by atoms with Crippen molar-refractivity contribution < 1.29 is 14.3 Å². The second kappa shape index (κ2) is 8.20. The zero-order valence-electron chi connectivity index (χ0n) is 14.7. The molecule has 25 heavy (non-hydrogen) atoms. The van der Waals surface area contributed by atoms with Gasteiger partial charge in [-0.2, -0.15) is 0 Å². The first-order chi connectivity index (χ1) is 12.2. The van der Waals surface area contributed by atoms with Crippen LogP contribution in [0.3, 0.4) is 0 Å². The van der Waals surface area contributed by atoms with E-state index in [1.54, 1.807) is 7.11 Å². The molecule has 1 atom stereocenters. The molecule has 0 radical (unpaired) electrons. The number of carbonyl (C=O) groups excluding carboxylic acids is 2. The zero-order chi connectivity index (χ0) is 17.6. The van der Waals surface area contributed by atoms with E-state index in [2.05, 4.69) is 15.5 Å². The summed E-state index contributed by atoms with van der Waals surface area (Å²) >= 11 is 0. The van der Waals surface area contributed by atoms with Gasteiger partial charge in [0.25, 0.3) is 0 Å². The Morgan fingerprint density at radius 3 is 2.80 bits per heavy atom. The van der Waals surface area contributed by atoms with Crippen LogP contribution in [-0.2, 0) is 4.79 Å². The molecule has 0 unspecified atom stereocenters. The molecule has 0 aromatic heterocycles. The summed E-state index contributed by atoms with van der Waals surface area (Å²) in [5, 5.41) is 5.77. The van der Waals surface area contributed by atoms with Gasteiger partial charge in [0.2, 0.25) is 5.91 Å².